The van der Waals surface area contributed by atoms with Crippen LogP contribution in [0.15, 0.2) is 42.6 Å². The van der Waals surface area contributed by atoms with Gasteiger partial charge in [0.15, 0.2) is 0 Å². The summed E-state index contributed by atoms with van der Waals surface area (Å²) in [6, 6.07) is 11.0. The molecule has 3 heterocycles. The van der Waals surface area contributed by atoms with Crippen molar-refractivity contribution in [3.8, 4) is 11.8 Å². The van der Waals surface area contributed by atoms with Crippen LogP contribution in [0.25, 0.3) is 5.65 Å². The van der Waals surface area contributed by atoms with Crippen LogP contribution < -0.4 is 5.32 Å². The molecule has 4 rings (SSSR count). The molecule has 1 N–H and O–H groups in total. The molecule has 0 aliphatic carbocycles. The van der Waals surface area contributed by atoms with E-state index in [2.05, 4.69) is 22.1 Å². The van der Waals surface area contributed by atoms with Crippen LogP contribution in [-0.4, -0.2) is 50.3 Å². The normalized spacial score (nSPS) is 13.8. The number of amides is 3. The Hall–Kier alpha value is -4.49. The van der Waals surface area contributed by atoms with E-state index in [1.54, 1.807) is 32.0 Å². The Balaban J connectivity index is 1.34. The Morgan fingerprint density at radius 2 is 1.76 bits per heavy atom. The average molecular weight is 559 g/mol. The van der Waals surface area contributed by atoms with E-state index in [0.29, 0.717) is 33.9 Å². The number of hydrogen-bond acceptors (Lipinski definition) is 7. The van der Waals surface area contributed by atoms with E-state index in [1.165, 1.54) is 0 Å². The molecule has 0 radical (unpaired) electrons. The molecule has 3 amide bonds. The summed E-state index contributed by atoms with van der Waals surface area (Å²) >= 11 is 0. The fraction of sp³-hybridized carbons (Fsp3) is 0.387. The lowest BCUT2D eigenvalue weighted by molar-refractivity contribution is -0.207. The van der Waals surface area contributed by atoms with Crippen molar-refractivity contribution in [2.45, 2.75) is 66.4 Å². The van der Waals surface area contributed by atoms with Crippen molar-refractivity contribution in [1.29, 1.82) is 0 Å². The molecule has 3 aromatic rings. The summed E-state index contributed by atoms with van der Waals surface area (Å²) in [7, 11) is 0. The lowest BCUT2D eigenvalue weighted by Gasteiger charge is -2.30. The fourth-order valence-corrected chi connectivity index (χ4v) is 4.15. The van der Waals surface area contributed by atoms with E-state index in [1.807, 2.05) is 56.5 Å². The zero-order chi connectivity index (χ0) is 29.9. The minimum Gasteiger partial charge on any atom is -0.373 e. The maximum Gasteiger partial charge on any atom is 0.341 e. The van der Waals surface area contributed by atoms with Crippen molar-refractivity contribution in [2.75, 3.05) is 11.9 Å². The van der Waals surface area contributed by atoms with Crippen molar-refractivity contribution in [3.05, 3.63) is 65.1 Å². The van der Waals surface area contributed by atoms with Crippen molar-refractivity contribution in [3.63, 3.8) is 0 Å². The summed E-state index contributed by atoms with van der Waals surface area (Å²) in [6.07, 6.45) is 2.26. The van der Waals surface area contributed by atoms with E-state index in [0.717, 1.165) is 11.4 Å². The van der Waals surface area contributed by atoms with Gasteiger partial charge in [-0.2, -0.15) is 0 Å². The number of carbonyl (C=O) groups is 4. The molecule has 214 valence electrons. The number of hydroxylamine groups is 2. The predicted octanol–water partition coefficient (Wildman–Crippen LogP) is 4.37. The lowest BCUT2D eigenvalue weighted by Crippen LogP contribution is -2.41. The molecule has 0 atom stereocenters. The first-order valence-electron chi connectivity index (χ1n) is 13.3. The van der Waals surface area contributed by atoms with Crippen LogP contribution in [0, 0.1) is 31.1 Å². The summed E-state index contributed by atoms with van der Waals surface area (Å²) < 4.78 is 7.87. The molecule has 1 aliphatic heterocycles. The van der Waals surface area contributed by atoms with Crippen molar-refractivity contribution < 1.29 is 28.8 Å². The van der Waals surface area contributed by atoms with E-state index in [9.17, 15) is 19.2 Å². The van der Waals surface area contributed by atoms with E-state index < -0.39 is 28.8 Å². The summed E-state index contributed by atoms with van der Waals surface area (Å²) in [4.78, 5) is 58.7. The number of ether oxygens (including phenoxy) is 1. The minimum atomic E-state index is -1.10. The van der Waals surface area contributed by atoms with Crippen LogP contribution in [0.4, 0.5) is 5.69 Å². The molecule has 0 spiro atoms. The van der Waals surface area contributed by atoms with Crippen molar-refractivity contribution in [2.24, 2.45) is 5.41 Å². The SMILES string of the molecule is Cc1cc(C)n2ccc(C(=O)Nc3cccc(C#CCC(C)(C)OCC(C)(C)C(=O)ON4C(=O)CCC4=O)c3)c2n1. The molecule has 1 aliphatic rings. The highest BCUT2D eigenvalue weighted by atomic mass is 16.7. The van der Waals surface area contributed by atoms with Crippen LogP contribution in [0.2, 0.25) is 0 Å². The third kappa shape index (κ3) is 6.99. The molecule has 1 aromatic carbocycles. The predicted molar refractivity (Wildman–Crippen MR) is 152 cm³/mol. The van der Waals surface area contributed by atoms with Gasteiger partial charge < -0.3 is 19.3 Å². The highest BCUT2D eigenvalue weighted by Gasteiger charge is 2.39. The molecule has 0 unspecified atom stereocenters. The Morgan fingerprint density at radius 3 is 2.46 bits per heavy atom. The van der Waals surface area contributed by atoms with Gasteiger partial charge in [-0.1, -0.05) is 17.9 Å². The Bertz CT molecular complexity index is 1570. The number of benzene rings is 1. The quantitative estimate of drug-likeness (QED) is 0.322. The smallest absolute Gasteiger partial charge is 0.341 e. The van der Waals surface area contributed by atoms with Gasteiger partial charge in [0.05, 0.1) is 23.2 Å². The Labute approximate surface area is 239 Å². The molecule has 10 nitrogen and oxygen atoms in total. The van der Waals surface area contributed by atoms with Gasteiger partial charge in [-0.05, 0) is 71.9 Å². The third-order valence-corrected chi connectivity index (χ3v) is 6.61. The van der Waals surface area contributed by atoms with Gasteiger partial charge in [-0.3, -0.25) is 14.4 Å². The van der Waals surface area contributed by atoms with Crippen LogP contribution in [0.3, 0.4) is 0 Å². The molecule has 0 bridgehead atoms. The monoisotopic (exact) mass is 558 g/mol. The first-order valence-corrected chi connectivity index (χ1v) is 13.3. The van der Waals surface area contributed by atoms with Crippen LogP contribution in [0.1, 0.15) is 74.3 Å². The zero-order valence-electron chi connectivity index (χ0n) is 24.2. The molecule has 1 fully saturated rings. The number of carbonyl (C=O) groups excluding carboxylic acids is 4. The maximum absolute atomic E-state index is 13.0. The molecular formula is C31H34N4O6. The van der Waals surface area contributed by atoms with Crippen molar-refractivity contribution in [1.82, 2.24) is 14.4 Å². The summed E-state index contributed by atoms with van der Waals surface area (Å²) in [5.41, 5.74) is 2.45. The number of fused-ring (bicyclic) bond motifs is 1. The Morgan fingerprint density at radius 1 is 1.05 bits per heavy atom. The number of nitrogens with one attached hydrogen (secondary N) is 1. The first kappa shape index (κ1) is 29.5. The number of aryl methyl sites for hydroxylation is 2. The van der Waals surface area contributed by atoms with E-state index in [-0.39, 0.29) is 25.4 Å². The van der Waals surface area contributed by atoms with Gasteiger partial charge in [-0.15, -0.1) is 5.06 Å². The Kier molecular flexibility index (Phi) is 8.31. The van der Waals surface area contributed by atoms with Gasteiger partial charge in [0.2, 0.25) is 0 Å². The standard InChI is InChI=1S/C31H34N4O6/c1-20-17-21(2)34-16-14-24(27(34)32-20)28(38)33-23-11-7-9-22(18-23)10-8-15-31(5,6)40-19-30(3,4)29(39)41-35-25(36)12-13-26(35)37/h7,9,11,14,16-18H,12-13,15,19H2,1-6H3,(H,33,38). The zero-order valence-corrected chi connectivity index (χ0v) is 24.2. The second-order valence-electron chi connectivity index (χ2n) is 11.4. The number of aromatic nitrogens is 2. The summed E-state index contributed by atoms with van der Waals surface area (Å²) in [5, 5.41) is 3.47. The van der Waals surface area contributed by atoms with E-state index in [4.69, 9.17) is 9.57 Å². The molecule has 41 heavy (non-hydrogen) atoms. The largest absolute Gasteiger partial charge is 0.373 e. The van der Waals surface area contributed by atoms with Crippen LogP contribution >= 0.6 is 0 Å². The molecule has 0 saturated carbocycles. The number of hydrogen-bond donors (Lipinski definition) is 1. The van der Waals surface area contributed by atoms with Gasteiger partial charge in [-0.25, -0.2) is 9.78 Å². The maximum atomic E-state index is 13.0. The highest BCUT2D eigenvalue weighted by molar-refractivity contribution is 6.08. The molecular weight excluding hydrogens is 524 g/mol. The first-order chi connectivity index (χ1) is 19.3. The number of rotatable bonds is 8. The second kappa shape index (κ2) is 11.6. The van der Waals surface area contributed by atoms with Gasteiger partial charge in [0.25, 0.3) is 17.7 Å². The number of nitrogens with zero attached hydrogens (tertiary/aromatic N) is 3. The molecule has 2 aromatic heterocycles. The fourth-order valence-electron chi connectivity index (χ4n) is 4.15. The lowest BCUT2D eigenvalue weighted by atomic mass is 9.94. The highest BCUT2D eigenvalue weighted by Crippen LogP contribution is 2.25. The van der Waals surface area contributed by atoms with Crippen molar-refractivity contribution >= 4 is 35.0 Å². The average Bonchev–Trinajstić information content (AvgIpc) is 3.46. The summed E-state index contributed by atoms with van der Waals surface area (Å²) in [6.45, 7) is 10.8. The van der Waals surface area contributed by atoms with Gasteiger partial charge in [0, 0.05) is 48.1 Å². The van der Waals surface area contributed by atoms with Crippen LogP contribution in [-0.2, 0) is 24.0 Å². The molecule has 1 saturated heterocycles. The number of imide groups is 1. The van der Waals surface area contributed by atoms with Gasteiger partial charge >= 0.3 is 5.97 Å². The van der Waals surface area contributed by atoms with Gasteiger partial charge in [0.1, 0.15) is 5.65 Å². The van der Waals surface area contributed by atoms with E-state index >= 15 is 0 Å². The summed E-state index contributed by atoms with van der Waals surface area (Å²) in [5.74, 6) is 4.17. The second-order valence-corrected chi connectivity index (χ2v) is 11.4. The third-order valence-electron chi connectivity index (χ3n) is 6.61. The van der Waals surface area contributed by atoms with Crippen LogP contribution in [0.5, 0.6) is 0 Å². The molecule has 10 heteroatoms. The number of anilines is 1. The topological polar surface area (TPSA) is 119 Å². The minimum absolute atomic E-state index is 0.000845.